The van der Waals surface area contributed by atoms with Crippen LogP contribution < -0.4 is 5.32 Å². The van der Waals surface area contributed by atoms with E-state index in [2.05, 4.69) is 15.4 Å². The number of nitriles is 1. The molecule has 0 radical (unpaired) electrons. The van der Waals surface area contributed by atoms with Crippen LogP contribution in [0.2, 0.25) is 0 Å². The highest BCUT2D eigenvalue weighted by Crippen LogP contribution is 2.29. The van der Waals surface area contributed by atoms with Crippen molar-refractivity contribution >= 4 is 11.7 Å². The maximum absolute atomic E-state index is 12.8. The van der Waals surface area contributed by atoms with Gasteiger partial charge in [-0.1, -0.05) is 19.3 Å². The van der Waals surface area contributed by atoms with E-state index in [9.17, 15) is 28.0 Å². The van der Waals surface area contributed by atoms with Crippen LogP contribution >= 0.6 is 0 Å². The van der Waals surface area contributed by atoms with Crippen molar-refractivity contribution in [3.8, 4) is 11.9 Å². The Hall–Kier alpha value is -3.22. The van der Waals surface area contributed by atoms with E-state index in [4.69, 9.17) is 0 Å². The molecule has 1 amide bonds. The second-order valence-electron chi connectivity index (χ2n) is 7.23. The summed E-state index contributed by atoms with van der Waals surface area (Å²) in [6.45, 7) is 1.52. The van der Waals surface area contributed by atoms with E-state index in [0.29, 0.717) is 6.20 Å². The lowest BCUT2D eigenvalue weighted by molar-refractivity contribution is -0.137. The Morgan fingerprint density at radius 2 is 1.93 bits per heavy atom. The van der Waals surface area contributed by atoms with Crippen molar-refractivity contribution in [2.45, 2.75) is 51.2 Å². The Labute approximate surface area is 170 Å². The van der Waals surface area contributed by atoms with Gasteiger partial charge in [0.2, 0.25) is 5.91 Å². The molecule has 0 bridgehead atoms. The maximum atomic E-state index is 12.8. The number of alkyl halides is 3. The standard InChI is InChI=1S/C20H20F3N5O2/c1-12-16(11-26-28(12)17-8-7-13(10-25-17)20(21,22)23)18(29)15(9-24)19(30)27-14-5-3-2-4-6-14/h7-8,10-11,14-15H,2-6H2,1H3,(H,27,30). The summed E-state index contributed by atoms with van der Waals surface area (Å²) in [5.74, 6) is -2.79. The summed E-state index contributed by atoms with van der Waals surface area (Å²) in [6, 6.07) is 3.70. The molecule has 1 N–H and O–H groups in total. The van der Waals surface area contributed by atoms with Crippen LogP contribution in [0.3, 0.4) is 0 Å². The molecule has 0 spiro atoms. The van der Waals surface area contributed by atoms with Crippen molar-refractivity contribution in [2.24, 2.45) is 5.92 Å². The zero-order chi connectivity index (χ0) is 21.9. The second kappa shape index (κ2) is 8.65. The average molecular weight is 419 g/mol. The van der Waals surface area contributed by atoms with Gasteiger partial charge in [-0.25, -0.2) is 9.67 Å². The first-order valence-electron chi connectivity index (χ1n) is 9.55. The number of hydrogen-bond donors (Lipinski definition) is 1. The SMILES string of the molecule is Cc1c(C(=O)C(C#N)C(=O)NC2CCCCC2)cnn1-c1ccc(C(F)(F)F)cn1. The molecule has 7 nitrogen and oxygen atoms in total. The number of carbonyl (C=O) groups excluding carboxylic acids is 2. The summed E-state index contributed by atoms with van der Waals surface area (Å²) in [4.78, 5) is 29.0. The highest BCUT2D eigenvalue weighted by molar-refractivity contribution is 6.12. The van der Waals surface area contributed by atoms with E-state index >= 15 is 0 Å². The Bertz CT molecular complexity index is 970. The summed E-state index contributed by atoms with van der Waals surface area (Å²) < 4.78 is 39.3. The molecule has 1 fully saturated rings. The van der Waals surface area contributed by atoms with E-state index in [0.717, 1.165) is 44.2 Å². The number of nitrogens with one attached hydrogen (secondary N) is 1. The number of carbonyl (C=O) groups is 2. The van der Waals surface area contributed by atoms with E-state index in [1.165, 1.54) is 17.8 Å². The molecular formula is C20H20F3N5O2. The molecule has 1 aliphatic rings. The van der Waals surface area contributed by atoms with E-state index in [1.807, 2.05) is 0 Å². The van der Waals surface area contributed by atoms with Crippen LogP contribution in [0.1, 0.15) is 53.7 Å². The summed E-state index contributed by atoms with van der Waals surface area (Å²) in [6.07, 6.45) is 2.05. The first-order valence-corrected chi connectivity index (χ1v) is 9.55. The minimum Gasteiger partial charge on any atom is -0.352 e. The minimum atomic E-state index is -4.52. The number of amides is 1. The molecule has 2 heterocycles. The fraction of sp³-hybridized carbons (Fsp3) is 0.450. The van der Waals surface area contributed by atoms with Gasteiger partial charge >= 0.3 is 6.18 Å². The lowest BCUT2D eigenvalue weighted by Gasteiger charge is -2.23. The fourth-order valence-corrected chi connectivity index (χ4v) is 3.48. The molecule has 30 heavy (non-hydrogen) atoms. The zero-order valence-electron chi connectivity index (χ0n) is 16.2. The molecule has 0 aliphatic heterocycles. The van der Waals surface area contributed by atoms with Gasteiger partial charge < -0.3 is 5.32 Å². The fourth-order valence-electron chi connectivity index (χ4n) is 3.48. The third-order valence-corrected chi connectivity index (χ3v) is 5.17. The second-order valence-corrected chi connectivity index (χ2v) is 7.23. The third-order valence-electron chi connectivity index (χ3n) is 5.17. The Balaban J connectivity index is 1.78. The first kappa shape index (κ1) is 21.5. The molecule has 0 aromatic carbocycles. The number of hydrogen-bond acceptors (Lipinski definition) is 5. The molecule has 1 unspecified atom stereocenters. The van der Waals surface area contributed by atoms with Crippen molar-refractivity contribution in [3.63, 3.8) is 0 Å². The highest BCUT2D eigenvalue weighted by atomic mass is 19.4. The quantitative estimate of drug-likeness (QED) is 0.592. The summed E-state index contributed by atoms with van der Waals surface area (Å²) in [5.41, 5.74) is -0.587. The van der Waals surface area contributed by atoms with Crippen LogP contribution in [0.4, 0.5) is 13.2 Å². The predicted molar refractivity (Wildman–Crippen MR) is 99.5 cm³/mol. The van der Waals surface area contributed by atoms with E-state index in [1.54, 1.807) is 6.07 Å². The molecule has 0 saturated heterocycles. The Kier molecular flexibility index (Phi) is 6.20. The molecule has 1 atom stereocenters. The number of Topliss-reactive ketones (excluding diaryl/α,β-unsaturated/α-hetero) is 1. The lowest BCUT2D eigenvalue weighted by atomic mass is 9.93. The summed E-state index contributed by atoms with van der Waals surface area (Å²) >= 11 is 0. The van der Waals surface area contributed by atoms with Gasteiger partial charge in [0.1, 0.15) is 0 Å². The summed E-state index contributed by atoms with van der Waals surface area (Å²) in [5, 5.41) is 16.2. The van der Waals surface area contributed by atoms with Gasteiger partial charge in [0, 0.05) is 12.2 Å². The van der Waals surface area contributed by atoms with Crippen LogP contribution in [0, 0.1) is 24.2 Å². The number of ketones is 1. The van der Waals surface area contributed by atoms with Crippen LogP contribution in [-0.2, 0) is 11.0 Å². The number of rotatable bonds is 5. The van der Waals surface area contributed by atoms with Crippen molar-refractivity contribution in [2.75, 3.05) is 0 Å². The number of halogens is 3. The number of pyridine rings is 1. The van der Waals surface area contributed by atoms with Crippen LogP contribution in [0.5, 0.6) is 0 Å². The van der Waals surface area contributed by atoms with E-state index < -0.39 is 29.3 Å². The number of nitrogens with zero attached hydrogens (tertiary/aromatic N) is 4. The topological polar surface area (TPSA) is 101 Å². The van der Waals surface area contributed by atoms with Gasteiger partial charge in [-0.2, -0.15) is 23.5 Å². The van der Waals surface area contributed by atoms with Crippen molar-refractivity contribution < 1.29 is 22.8 Å². The van der Waals surface area contributed by atoms with Gasteiger partial charge in [0.15, 0.2) is 17.5 Å². The molecule has 1 aliphatic carbocycles. The van der Waals surface area contributed by atoms with Gasteiger partial charge in [0.25, 0.3) is 0 Å². The molecule has 158 valence electrons. The first-order chi connectivity index (χ1) is 14.2. The van der Waals surface area contributed by atoms with Crippen molar-refractivity contribution in [1.29, 1.82) is 5.26 Å². The highest BCUT2D eigenvalue weighted by Gasteiger charge is 2.33. The van der Waals surface area contributed by atoms with Crippen LogP contribution in [-0.4, -0.2) is 32.5 Å². The molecule has 1 saturated carbocycles. The Morgan fingerprint density at radius 3 is 2.50 bits per heavy atom. The van der Waals surface area contributed by atoms with Crippen LogP contribution in [0.25, 0.3) is 5.82 Å². The van der Waals surface area contributed by atoms with Crippen LogP contribution in [0.15, 0.2) is 24.5 Å². The maximum Gasteiger partial charge on any atom is 0.417 e. The normalized spacial score (nSPS) is 16.0. The van der Waals surface area contributed by atoms with Gasteiger partial charge in [0.05, 0.1) is 29.1 Å². The van der Waals surface area contributed by atoms with Crippen molar-refractivity contribution in [3.05, 3.63) is 41.3 Å². The molecule has 2 aromatic heterocycles. The Morgan fingerprint density at radius 1 is 1.23 bits per heavy atom. The molecular weight excluding hydrogens is 399 g/mol. The lowest BCUT2D eigenvalue weighted by Crippen LogP contribution is -2.42. The molecule has 10 heteroatoms. The smallest absolute Gasteiger partial charge is 0.352 e. The van der Waals surface area contributed by atoms with Gasteiger partial charge in [-0.15, -0.1) is 0 Å². The minimum absolute atomic E-state index is 0.0436. The third kappa shape index (κ3) is 4.50. The summed E-state index contributed by atoms with van der Waals surface area (Å²) in [7, 11) is 0. The molecule has 2 aromatic rings. The molecule has 3 rings (SSSR count). The number of aromatic nitrogens is 3. The van der Waals surface area contributed by atoms with Gasteiger partial charge in [-0.05, 0) is 31.9 Å². The van der Waals surface area contributed by atoms with E-state index in [-0.39, 0.29) is 23.1 Å². The largest absolute Gasteiger partial charge is 0.417 e. The monoisotopic (exact) mass is 419 g/mol. The zero-order valence-corrected chi connectivity index (χ0v) is 16.2. The average Bonchev–Trinajstić information content (AvgIpc) is 3.10. The van der Waals surface area contributed by atoms with Gasteiger partial charge in [-0.3, -0.25) is 9.59 Å². The van der Waals surface area contributed by atoms with Crippen molar-refractivity contribution in [1.82, 2.24) is 20.1 Å². The predicted octanol–water partition coefficient (Wildman–Crippen LogP) is 3.37.